The van der Waals surface area contributed by atoms with E-state index >= 15 is 0 Å². The molecule has 1 aromatic heterocycles. The molecule has 124 valence electrons. The standard InChI is InChI=1S/C16H16N4O2S2/c1-8(2)22-15(21)12-9(3)19-16-20(14(18)11(7-17)24-16)13(12)10-5-4-6-23-10/h4-6,8,13H,18H2,1-3H3/t13-/m0/s1. The summed E-state index contributed by atoms with van der Waals surface area (Å²) in [6.45, 7) is 5.39. The first-order valence-corrected chi connectivity index (χ1v) is 9.04. The number of rotatable bonds is 3. The maximum absolute atomic E-state index is 12.7. The van der Waals surface area contributed by atoms with Crippen LogP contribution in [0.2, 0.25) is 0 Å². The van der Waals surface area contributed by atoms with Crippen LogP contribution >= 0.6 is 23.1 Å². The van der Waals surface area contributed by atoms with Gasteiger partial charge in [0.25, 0.3) is 0 Å². The van der Waals surface area contributed by atoms with E-state index in [0.717, 1.165) is 4.88 Å². The summed E-state index contributed by atoms with van der Waals surface area (Å²) >= 11 is 2.75. The van der Waals surface area contributed by atoms with Crippen molar-refractivity contribution in [3.8, 4) is 6.07 Å². The first kappa shape index (κ1) is 16.6. The lowest BCUT2D eigenvalue weighted by Crippen LogP contribution is -2.38. The Kier molecular flexibility index (Phi) is 4.39. The number of nitrogens with zero attached hydrogens (tertiary/aromatic N) is 3. The first-order chi connectivity index (χ1) is 11.4. The highest BCUT2D eigenvalue weighted by Crippen LogP contribution is 2.46. The van der Waals surface area contributed by atoms with Gasteiger partial charge in [0.2, 0.25) is 0 Å². The van der Waals surface area contributed by atoms with Gasteiger partial charge in [0.05, 0.1) is 17.4 Å². The lowest BCUT2D eigenvalue weighted by molar-refractivity contribution is -0.143. The van der Waals surface area contributed by atoms with Crippen molar-refractivity contribution >= 4 is 34.2 Å². The zero-order chi connectivity index (χ0) is 17.4. The summed E-state index contributed by atoms with van der Waals surface area (Å²) in [6, 6.07) is 5.52. The minimum Gasteiger partial charge on any atom is -0.459 e. The number of thiophene rings is 1. The topological polar surface area (TPSA) is 91.7 Å². The van der Waals surface area contributed by atoms with Crippen molar-refractivity contribution in [3.63, 3.8) is 0 Å². The predicted octanol–water partition coefficient (Wildman–Crippen LogP) is 3.08. The van der Waals surface area contributed by atoms with Crippen LogP contribution in [-0.4, -0.2) is 22.1 Å². The molecular weight excluding hydrogens is 344 g/mol. The summed E-state index contributed by atoms with van der Waals surface area (Å²) in [5, 5.41) is 11.8. The number of nitrogens with two attached hydrogens (primary N) is 1. The van der Waals surface area contributed by atoms with Crippen molar-refractivity contribution in [1.29, 1.82) is 5.26 Å². The van der Waals surface area contributed by atoms with Crippen molar-refractivity contribution in [3.05, 3.63) is 44.4 Å². The van der Waals surface area contributed by atoms with Crippen LogP contribution in [-0.2, 0) is 9.53 Å². The van der Waals surface area contributed by atoms with Crippen LogP contribution in [0.5, 0.6) is 0 Å². The van der Waals surface area contributed by atoms with Crippen LogP contribution in [0.1, 0.15) is 31.7 Å². The van der Waals surface area contributed by atoms with Gasteiger partial charge < -0.3 is 10.5 Å². The molecule has 8 heteroatoms. The summed E-state index contributed by atoms with van der Waals surface area (Å²) in [7, 11) is 0. The Hall–Kier alpha value is -2.24. The molecule has 2 aliphatic rings. The molecule has 0 bridgehead atoms. The van der Waals surface area contributed by atoms with E-state index in [1.54, 1.807) is 25.7 Å². The fourth-order valence-corrected chi connectivity index (χ4v) is 4.33. The largest absolute Gasteiger partial charge is 0.459 e. The van der Waals surface area contributed by atoms with Crippen molar-refractivity contribution in [2.75, 3.05) is 0 Å². The molecule has 2 aliphatic heterocycles. The maximum Gasteiger partial charge on any atom is 0.338 e. The summed E-state index contributed by atoms with van der Waals surface area (Å²) < 4.78 is 5.41. The Labute approximate surface area is 148 Å². The van der Waals surface area contributed by atoms with Crippen LogP contribution in [0.3, 0.4) is 0 Å². The number of carbonyl (C=O) groups excluding carboxylic acids is 1. The Morgan fingerprint density at radius 1 is 1.54 bits per heavy atom. The zero-order valence-electron chi connectivity index (χ0n) is 13.4. The van der Waals surface area contributed by atoms with Crippen LogP contribution in [0.15, 0.2) is 44.5 Å². The molecule has 1 aromatic rings. The van der Waals surface area contributed by atoms with Crippen LogP contribution in [0.4, 0.5) is 0 Å². The molecule has 2 N–H and O–H groups in total. The normalized spacial score (nSPS) is 20.2. The van der Waals surface area contributed by atoms with E-state index in [4.69, 9.17) is 10.5 Å². The van der Waals surface area contributed by atoms with Gasteiger partial charge >= 0.3 is 5.97 Å². The van der Waals surface area contributed by atoms with E-state index < -0.39 is 12.0 Å². The summed E-state index contributed by atoms with van der Waals surface area (Å²) in [5.41, 5.74) is 7.20. The highest BCUT2D eigenvalue weighted by molar-refractivity contribution is 8.17. The number of esters is 1. The Balaban J connectivity index is 2.13. The highest BCUT2D eigenvalue weighted by Gasteiger charge is 2.43. The van der Waals surface area contributed by atoms with Gasteiger partial charge in [0, 0.05) is 4.88 Å². The third-order valence-electron chi connectivity index (χ3n) is 3.55. The van der Waals surface area contributed by atoms with Gasteiger partial charge in [-0.1, -0.05) is 6.07 Å². The quantitative estimate of drug-likeness (QED) is 0.833. The number of thioether (sulfide) groups is 1. The fourth-order valence-electron chi connectivity index (χ4n) is 2.60. The van der Waals surface area contributed by atoms with Gasteiger partial charge in [0.1, 0.15) is 22.8 Å². The molecule has 1 atom stereocenters. The minimum atomic E-state index is -0.429. The Morgan fingerprint density at radius 3 is 2.88 bits per heavy atom. The summed E-state index contributed by atoms with van der Waals surface area (Å²) in [6.07, 6.45) is -0.234. The van der Waals surface area contributed by atoms with E-state index in [2.05, 4.69) is 11.1 Å². The van der Waals surface area contributed by atoms with Gasteiger partial charge in [0.15, 0.2) is 5.17 Å². The lowest BCUT2D eigenvalue weighted by Gasteiger charge is -2.34. The van der Waals surface area contributed by atoms with Crippen molar-refractivity contribution in [2.24, 2.45) is 10.7 Å². The number of hydrogen-bond donors (Lipinski definition) is 1. The smallest absolute Gasteiger partial charge is 0.338 e. The summed E-state index contributed by atoms with van der Waals surface area (Å²) in [4.78, 5) is 20.2. The van der Waals surface area contributed by atoms with Crippen molar-refractivity contribution in [2.45, 2.75) is 32.9 Å². The zero-order valence-corrected chi connectivity index (χ0v) is 15.1. The molecule has 0 aliphatic carbocycles. The number of ether oxygens (including phenoxy) is 1. The molecule has 0 radical (unpaired) electrons. The van der Waals surface area contributed by atoms with E-state index in [1.165, 1.54) is 23.1 Å². The second-order valence-electron chi connectivity index (χ2n) is 5.56. The van der Waals surface area contributed by atoms with Gasteiger partial charge in [-0.2, -0.15) is 5.26 Å². The number of carbonyl (C=O) groups is 1. The average molecular weight is 360 g/mol. The molecule has 6 nitrogen and oxygen atoms in total. The first-order valence-electron chi connectivity index (χ1n) is 7.34. The predicted molar refractivity (Wildman–Crippen MR) is 94.7 cm³/mol. The minimum absolute atomic E-state index is 0.234. The maximum atomic E-state index is 12.7. The number of nitriles is 1. The van der Waals surface area contributed by atoms with Gasteiger partial charge in [-0.25, -0.2) is 9.79 Å². The van der Waals surface area contributed by atoms with Crippen LogP contribution in [0, 0.1) is 11.3 Å². The average Bonchev–Trinajstić information content (AvgIpc) is 3.13. The number of aliphatic imine (C=N–C) groups is 1. The van der Waals surface area contributed by atoms with Gasteiger partial charge in [-0.3, -0.25) is 4.90 Å². The summed E-state index contributed by atoms with van der Waals surface area (Å²) in [5.74, 6) is -0.0890. The van der Waals surface area contributed by atoms with Crippen molar-refractivity contribution < 1.29 is 9.53 Å². The molecule has 0 saturated heterocycles. The highest BCUT2D eigenvalue weighted by atomic mass is 32.2. The van der Waals surface area contributed by atoms with Crippen LogP contribution < -0.4 is 5.73 Å². The van der Waals surface area contributed by atoms with Gasteiger partial charge in [-0.05, 0) is 44.0 Å². The SMILES string of the molecule is CC1=C(C(=O)OC(C)C)[C@H](c2cccs2)N2C(=N1)SC(C#N)=C2N. The lowest BCUT2D eigenvalue weighted by atomic mass is 10.0. The molecule has 0 amide bonds. The molecule has 0 spiro atoms. The molecule has 0 aromatic carbocycles. The number of fused-ring (bicyclic) bond motifs is 1. The Bertz CT molecular complexity index is 816. The Morgan fingerprint density at radius 2 is 2.29 bits per heavy atom. The van der Waals surface area contributed by atoms with E-state index in [9.17, 15) is 10.1 Å². The monoisotopic (exact) mass is 360 g/mol. The molecular formula is C16H16N4O2S2. The van der Waals surface area contributed by atoms with E-state index in [-0.39, 0.29) is 6.10 Å². The molecule has 0 saturated carbocycles. The molecule has 3 heterocycles. The molecule has 24 heavy (non-hydrogen) atoms. The van der Waals surface area contributed by atoms with E-state index in [0.29, 0.717) is 27.2 Å². The molecule has 3 rings (SSSR count). The van der Waals surface area contributed by atoms with Gasteiger partial charge in [-0.15, -0.1) is 11.3 Å². The molecule has 0 unspecified atom stereocenters. The number of amidine groups is 1. The number of allylic oxidation sites excluding steroid dienone is 2. The molecule has 0 fully saturated rings. The van der Waals surface area contributed by atoms with Crippen molar-refractivity contribution in [1.82, 2.24) is 4.90 Å². The number of hydrogen-bond acceptors (Lipinski definition) is 8. The van der Waals surface area contributed by atoms with E-state index in [1.807, 2.05) is 17.5 Å². The third-order valence-corrected chi connectivity index (χ3v) is 5.45. The second-order valence-corrected chi connectivity index (χ2v) is 7.52. The van der Waals surface area contributed by atoms with Crippen LogP contribution in [0.25, 0.3) is 0 Å². The third kappa shape index (κ3) is 2.70. The second kappa shape index (κ2) is 6.34. The fraction of sp³-hybridized carbons (Fsp3) is 0.312.